The number of halogens is 2. The normalized spacial score (nSPS) is 16.4. The Morgan fingerprint density at radius 2 is 1.23 bits per heavy atom. The van der Waals surface area contributed by atoms with Crippen molar-refractivity contribution >= 4 is 22.9 Å². The molecule has 0 spiro atoms. The van der Waals surface area contributed by atoms with Crippen molar-refractivity contribution in [3.63, 3.8) is 0 Å². The molecule has 0 saturated heterocycles. The molecule has 30 heavy (non-hydrogen) atoms. The molecule has 0 bridgehead atoms. The molecule has 1 fully saturated rings. The van der Waals surface area contributed by atoms with Crippen LogP contribution in [0.15, 0.2) is 35.3 Å². The van der Waals surface area contributed by atoms with E-state index in [4.69, 9.17) is 17.0 Å². The summed E-state index contributed by atoms with van der Waals surface area (Å²) in [4.78, 5) is 4.61. The Balaban J connectivity index is 0.000000546. The van der Waals surface area contributed by atoms with Gasteiger partial charge in [-0.2, -0.15) is 0 Å². The molecule has 2 rings (SSSR count). The summed E-state index contributed by atoms with van der Waals surface area (Å²) in [7, 11) is 9.87. The average molecular weight is 529 g/mol. The van der Waals surface area contributed by atoms with Crippen LogP contribution in [0, 0.1) is 29.6 Å². The second-order valence-corrected chi connectivity index (χ2v) is 11.1. The van der Waals surface area contributed by atoms with Crippen LogP contribution in [0.25, 0.3) is 5.32 Å². The summed E-state index contributed by atoms with van der Waals surface area (Å²) in [5.41, 5.74) is 1.14. The molecule has 5 radical (unpaired) electrons. The van der Waals surface area contributed by atoms with E-state index in [1.165, 1.54) is 42.4 Å². The standard InChI is InChI=1S/C15H23N2.C10H15.2ClH.Zr/c1-3-5-12-16-15(17-13-6-4-2)14-10-8-7-9-11-14;1-6-7(2)9(4)10(5)8(6)3;;;/h7-11H,3-6,12-13H2,1-2H3;1-5H3;2*1H;/q-1;;;;+4/p-2. The second-order valence-electron chi connectivity index (χ2n) is 7.36. The number of rotatable bonds is 7. The summed E-state index contributed by atoms with van der Waals surface area (Å²) in [6.07, 6.45) is 4.64. The first kappa shape index (κ1) is 30.2. The zero-order valence-electron chi connectivity index (χ0n) is 19.8. The van der Waals surface area contributed by atoms with Crippen molar-refractivity contribution in [3.05, 3.63) is 70.8 Å². The van der Waals surface area contributed by atoms with Crippen LogP contribution in [0.2, 0.25) is 0 Å². The molecule has 0 N–H and O–H groups in total. The van der Waals surface area contributed by atoms with E-state index in [0.29, 0.717) is 0 Å². The van der Waals surface area contributed by atoms with Crippen LogP contribution in [0.3, 0.4) is 0 Å². The van der Waals surface area contributed by atoms with E-state index in [0.717, 1.165) is 37.3 Å². The number of amidine groups is 1. The Bertz CT molecular complexity index is 509. The van der Waals surface area contributed by atoms with Crippen molar-refractivity contribution in [2.45, 2.75) is 74.1 Å². The number of benzene rings is 1. The number of nitrogens with zero attached hydrogens (tertiary/aromatic N) is 2. The minimum absolute atomic E-state index is 0.826. The van der Waals surface area contributed by atoms with E-state index in [9.17, 15) is 0 Å². The minimum atomic E-state index is -0.826. The third kappa shape index (κ3) is 11.7. The zero-order chi connectivity index (χ0) is 22.9. The van der Waals surface area contributed by atoms with Crippen LogP contribution in [0.4, 0.5) is 0 Å². The SMILES string of the molecule is CCCCN=C([N-]CCCC)c1ccccc1.C[C]1[C](C)[C](C)[C](C)[C]1C.[Cl][Zr+2][Cl]. The van der Waals surface area contributed by atoms with Crippen LogP contribution in [-0.2, 0) is 20.8 Å². The molecule has 0 heterocycles. The van der Waals surface area contributed by atoms with Crippen LogP contribution < -0.4 is 0 Å². The van der Waals surface area contributed by atoms with E-state index in [1.54, 1.807) is 0 Å². The van der Waals surface area contributed by atoms with Crippen molar-refractivity contribution in [3.8, 4) is 0 Å². The van der Waals surface area contributed by atoms with Gasteiger partial charge in [0.2, 0.25) is 0 Å². The molecule has 0 atom stereocenters. The Morgan fingerprint density at radius 3 is 1.63 bits per heavy atom. The fourth-order valence-corrected chi connectivity index (χ4v) is 2.91. The van der Waals surface area contributed by atoms with E-state index < -0.39 is 20.8 Å². The van der Waals surface area contributed by atoms with Crippen LogP contribution in [0.1, 0.15) is 79.7 Å². The van der Waals surface area contributed by atoms with Gasteiger partial charge in [0.15, 0.2) is 0 Å². The summed E-state index contributed by atoms with van der Waals surface area (Å²) in [5, 5.41) is 4.61. The van der Waals surface area contributed by atoms with E-state index in [1.807, 2.05) is 18.2 Å². The van der Waals surface area contributed by atoms with E-state index >= 15 is 0 Å². The van der Waals surface area contributed by atoms with Gasteiger partial charge in [0.05, 0.1) is 0 Å². The molecule has 1 aliphatic rings. The number of hydrogen-bond donors (Lipinski definition) is 0. The number of unbranched alkanes of at least 4 members (excludes halogenated alkanes) is 2. The maximum absolute atomic E-state index is 4.93. The predicted molar refractivity (Wildman–Crippen MR) is 132 cm³/mol. The molecular weight excluding hydrogens is 490 g/mol. The number of aliphatic imine (C=N–C) groups is 1. The topological polar surface area (TPSA) is 26.5 Å². The Kier molecular flexibility index (Phi) is 18.8. The number of hydrogen-bond acceptors (Lipinski definition) is 1. The van der Waals surface area contributed by atoms with Gasteiger partial charge >= 0.3 is 37.9 Å². The first-order valence-electron chi connectivity index (χ1n) is 10.8. The molecule has 1 aliphatic carbocycles. The molecule has 0 unspecified atom stereocenters. The fraction of sp³-hybridized carbons (Fsp3) is 0.520. The van der Waals surface area contributed by atoms with Gasteiger partial charge < -0.3 is 10.3 Å². The van der Waals surface area contributed by atoms with Crippen LogP contribution in [-0.4, -0.2) is 18.9 Å². The van der Waals surface area contributed by atoms with Gasteiger partial charge in [-0.05, 0) is 35.2 Å². The summed E-state index contributed by atoms with van der Waals surface area (Å²) in [6, 6.07) is 10.3. The third-order valence-electron chi connectivity index (χ3n) is 5.39. The van der Waals surface area contributed by atoms with E-state index in [2.05, 4.69) is 70.9 Å². The van der Waals surface area contributed by atoms with Crippen LogP contribution in [0.5, 0.6) is 0 Å². The van der Waals surface area contributed by atoms with Gasteiger partial charge in [0.1, 0.15) is 0 Å². The molecule has 0 amide bonds. The van der Waals surface area contributed by atoms with Gasteiger partial charge in [-0.3, -0.25) is 0 Å². The summed E-state index contributed by atoms with van der Waals surface area (Å²) in [5.74, 6) is 8.26. The monoisotopic (exact) mass is 526 g/mol. The first-order chi connectivity index (χ1) is 14.3. The first-order valence-corrected chi connectivity index (χ1v) is 17.1. The van der Waals surface area contributed by atoms with Gasteiger partial charge in [-0.1, -0.05) is 123 Å². The summed E-state index contributed by atoms with van der Waals surface area (Å²) < 4.78 is 0. The molecule has 0 aliphatic heterocycles. The molecule has 165 valence electrons. The van der Waals surface area contributed by atoms with Gasteiger partial charge in [-0.25, -0.2) is 0 Å². The van der Waals surface area contributed by atoms with E-state index in [-0.39, 0.29) is 0 Å². The van der Waals surface area contributed by atoms with Crippen molar-refractivity contribution in [2.24, 2.45) is 4.99 Å². The Labute approximate surface area is 205 Å². The third-order valence-corrected chi connectivity index (χ3v) is 5.39. The molecule has 1 aromatic rings. The quantitative estimate of drug-likeness (QED) is 0.192. The summed E-state index contributed by atoms with van der Waals surface area (Å²) in [6.45, 7) is 17.1. The maximum atomic E-state index is 4.93. The van der Waals surface area contributed by atoms with Crippen molar-refractivity contribution in [1.29, 1.82) is 0 Å². The second kappa shape index (κ2) is 18.7. The molecule has 2 nitrogen and oxygen atoms in total. The van der Waals surface area contributed by atoms with Gasteiger partial charge in [0, 0.05) is 0 Å². The van der Waals surface area contributed by atoms with Crippen molar-refractivity contribution in [1.82, 2.24) is 0 Å². The molecular formula is C25H38Cl2N2Zr+. The van der Waals surface area contributed by atoms with Crippen molar-refractivity contribution < 1.29 is 20.8 Å². The summed E-state index contributed by atoms with van der Waals surface area (Å²) >= 11 is -0.826. The molecule has 5 heteroatoms. The predicted octanol–water partition coefficient (Wildman–Crippen LogP) is 8.76. The average Bonchev–Trinajstić information content (AvgIpc) is 2.92. The Hall–Kier alpha value is 0.153. The van der Waals surface area contributed by atoms with Crippen LogP contribution >= 0.6 is 17.0 Å². The molecule has 1 aromatic carbocycles. The van der Waals surface area contributed by atoms with Gasteiger partial charge in [-0.15, -0.1) is 0 Å². The van der Waals surface area contributed by atoms with Gasteiger partial charge in [0.25, 0.3) is 0 Å². The zero-order valence-corrected chi connectivity index (χ0v) is 23.7. The fourth-order valence-electron chi connectivity index (χ4n) is 2.91. The Morgan fingerprint density at radius 1 is 0.800 bits per heavy atom. The van der Waals surface area contributed by atoms with Crippen molar-refractivity contribution in [2.75, 3.05) is 13.1 Å². The molecule has 0 aromatic heterocycles. The molecule has 1 saturated carbocycles.